The van der Waals surface area contributed by atoms with Crippen molar-refractivity contribution >= 4 is 18.0 Å². The maximum absolute atomic E-state index is 12.6. The normalized spacial score (nSPS) is 16.0. The molecule has 1 aliphatic rings. The van der Waals surface area contributed by atoms with E-state index in [0.29, 0.717) is 6.42 Å². The Morgan fingerprint density at radius 3 is 2.21 bits per heavy atom. The highest BCUT2D eigenvalue weighted by Crippen LogP contribution is 2.29. The van der Waals surface area contributed by atoms with Gasteiger partial charge in [-0.25, -0.2) is 14.4 Å². The summed E-state index contributed by atoms with van der Waals surface area (Å²) in [6, 6.07) is 3.85. The standard InChI is InChI=1S/C19H24N2O7/c1-5-11-15(17(22)27-6-2)12(21-19(24)20-11)10-28-18(23)16-13(25-3)8-7-9-14(16)26-4/h7-9,11H,5-6,10H2,1-4H3,(H2,20,21,24)/t11-/m0/s1. The maximum atomic E-state index is 12.6. The van der Waals surface area contributed by atoms with Crippen molar-refractivity contribution in [2.75, 3.05) is 27.4 Å². The van der Waals surface area contributed by atoms with E-state index in [4.69, 9.17) is 18.9 Å². The number of amides is 2. The third kappa shape index (κ3) is 4.54. The molecule has 28 heavy (non-hydrogen) atoms. The Morgan fingerprint density at radius 1 is 1.04 bits per heavy atom. The van der Waals surface area contributed by atoms with Crippen LogP contribution in [-0.2, 0) is 14.3 Å². The first-order valence-corrected chi connectivity index (χ1v) is 8.82. The van der Waals surface area contributed by atoms with E-state index in [9.17, 15) is 14.4 Å². The first-order valence-electron chi connectivity index (χ1n) is 8.82. The van der Waals surface area contributed by atoms with Crippen LogP contribution in [-0.4, -0.2) is 51.4 Å². The smallest absolute Gasteiger partial charge is 0.346 e. The fraction of sp³-hybridized carbons (Fsp3) is 0.421. The fourth-order valence-corrected chi connectivity index (χ4v) is 2.84. The SMILES string of the molecule is CCOC(=O)C1=C(COC(=O)c2c(OC)cccc2OC)NC(=O)N[C@H]1CC. The lowest BCUT2D eigenvalue weighted by Crippen LogP contribution is -2.51. The van der Waals surface area contributed by atoms with Crippen LogP contribution in [0.5, 0.6) is 11.5 Å². The molecule has 1 aromatic carbocycles. The van der Waals surface area contributed by atoms with Crippen molar-refractivity contribution in [1.29, 1.82) is 0 Å². The van der Waals surface area contributed by atoms with E-state index in [1.807, 2.05) is 6.92 Å². The predicted molar refractivity (Wildman–Crippen MR) is 99.2 cm³/mol. The van der Waals surface area contributed by atoms with Gasteiger partial charge in [0.1, 0.15) is 23.7 Å². The predicted octanol–water partition coefficient (Wildman–Crippen LogP) is 1.77. The third-order valence-corrected chi connectivity index (χ3v) is 4.13. The average molecular weight is 392 g/mol. The molecule has 0 aliphatic carbocycles. The van der Waals surface area contributed by atoms with Crippen molar-refractivity contribution in [3.05, 3.63) is 35.0 Å². The number of benzene rings is 1. The number of carbonyl (C=O) groups excluding carboxylic acids is 3. The Labute approximate surface area is 163 Å². The van der Waals surface area contributed by atoms with Crippen LogP contribution in [0.1, 0.15) is 30.6 Å². The van der Waals surface area contributed by atoms with Gasteiger partial charge in [0.2, 0.25) is 0 Å². The summed E-state index contributed by atoms with van der Waals surface area (Å²) in [5.41, 5.74) is 0.512. The van der Waals surface area contributed by atoms with E-state index < -0.39 is 24.0 Å². The number of hydrogen-bond donors (Lipinski definition) is 2. The lowest BCUT2D eigenvalue weighted by molar-refractivity contribution is -0.139. The molecular formula is C19H24N2O7. The van der Waals surface area contributed by atoms with E-state index >= 15 is 0 Å². The molecule has 1 aliphatic heterocycles. The lowest BCUT2D eigenvalue weighted by Gasteiger charge is -2.28. The number of carbonyl (C=O) groups is 3. The van der Waals surface area contributed by atoms with Crippen molar-refractivity contribution in [2.45, 2.75) is 26.3 Å². The van der Waals surface area contributed by atoms with E-state index in [1.165, 1.54) is 14.2 Å². The maximum Gasteiger partial charge on any atom is 0.346 e. The number of ether oxygens (including phenoxy) is 4. The highest BCUT2D eigenvalue weighted by atomic mass is 16.5. The minimum absolute atomic E-state index is 0.109. The third-order valence-electron chi connectivity index (χ3n) is 4.13. The summed E-state index contributed by atoms with van der Waals surface area (Å²) in [5.74, 6) is -0.733. The summed E-state index contributed by atoms with van der Waals surface area (Å²) in [4.78, 5) is 36.9. The van der Waals surface area contributed by atoms with Gasteiger partial charge in [-0.15, -0.1) is 0 Å². The molecule has 1 heterocycles. The number of nitrogens with one attached hydrogen (secondary N) is 2. The Balaban J connectivity index is 2.30. The van der Waals surface area contributed by atoms with Crippen LogP contribution in [0.4, 0.5) is 4.79 Å². The molecule has 1 aromatic rings. The van der Waals surface area contributed by atoms with Crippen LogP contribution in [0.2, 0.25) is 0 Å². The number of hydrogen-bond acceptors (Lipinski definition) is 7. The van der Waals surface area contributed by atoms with E-state index in [2.05, 4.69) is 10.6 Å². The van der Waals surface area contributed by atoms with Crippen molar-refractivity contribution in [3.63, 3.8) is 0 Å². The molecule has 0 radical (unpaired) electrons. The quantitative estimate of drug-likeness (QED) is 0.649. The lowest BCUT2D eigenvalue weighted by atomic mass is 10.0. The summed E-state index contributed by atoms with van der Waals surface area (Å²) < 4.78 is 20.8. The molecule has 2 rings (SSSR count). The Hall–Kier alpha value is -3.23. The van der Waals surface area contributed by atoms with Crippen LogP contribution >= 0.6 is 0 Å². The van der Waals surface area contributed by atoms with Crippen LogP contribution in [0, 0.1) is 0 Å². The van der Waals surface area contributed by atoms with Gasteiger partial charge < -0.3 is 29.6 Å². The van der Waals surface area contributed by atoms with Crippen LogP contribution < -0.4 is 20.1 Å². The topological polar surface area (TPSA) is 112 Å². The summed E-state index contributed by atoms with van der Waals surface area (Å²) >= 11 is 0. The summed E-state index contributed by atoms with van der Waals surface area (Å²) in [6.45, 7) is 3.36. The first-order chi connectivity index (χ1) is 13.5. The van der Waals surface area contributed by atoms with E-state index in [-0.39, 0.29) is 41.5 Å². The first kappa shape index (κ1) is 21.1. The molecule has 0 aromatic heterocycles. The molecule has 0 spiro atoms. The van der Waals surface area contributed by atoms with Gasteiger partial charge in [-0.2, -0.15) is 0 Å². The molecule has 9 heteroatoms. The molecule has 0 bridgehead atoms. The molecule has 9 nitrogen and oxygen atoms in total. The molecule has 1 atom stereocenters. The molecule has 0 fully saturated rings. The number of rotatable bonds is 8. The Morgan fingerprint density at radius 2 is 1.68 bits per heavy atom. The van der Waals surface area contributed by atoms with Gasteiger partial charge in [0.15, 0.2) is 0 Å². The minimum Gasteiger partial charge on any atom is -0.496 e. The monoisotopic (exact) mass is 392 g/mol. The van der Waals surface area contributed by atoms with E-state index in [1.54, 1.807) is 25.1 Å². The van der Waals surface area contributed by atoms with Gasteiger partial charge in [0.25, 0.3) is 0 Å². The average Bonchev–Trinajstić information content (AvgIpc) is 2.70. The van der Waals surface area contributed by atoms with Crippen molar-refractivity contribution in [3.8, 4) is 11.5 Å². The van der Waals surface area contributed by atoms with Gasteiger partial charge in [-0.1, -0.05) is 13.0 Å². The minimum atomic E-state index is -0.717. The highest BCUT2D eigenvalue weighted by molar-refractivity contribution is 5.97. The summed E-state index contributed by atoms with van der Waals surface area (Å²) in [6.07, 6.45) is 0.472. The second-order valence-electron chi connectivity index (χ2n) is 5.79. The molecule has 0 saturated carbocycles. The summed E-state index contributed by atoms with van der Waals surface area (Å²) in [5, 5.41) is 5.18. The zero-order valence-electron chi connectivity index (χ0n) is 16.3. The second kappa shape index (κ2) is 9.63. The molecular weight excluding hydrogens is 368 g/mol. The largest absolute Gasteiger partial charge is 0.496 e. The number of esters is 2. The van der Waals surface area contributed by atoms with Crippen molar-refractivity contribution in [2.24, 2.45) is 0 Å². The Bertz CT molecular complexity index is 766. The zero-order chi connectivity index (χ0) is 20.7. The number of methoxy groups -OCH3 is 2. The number of urea groups is 1. The van der Waals surface area contributed by atoms with Crippen LogP contribution in [0.25, 0.3) is 0 Å². The molecule has 2 N–H and O–H groups in total. The van der Waals surface area contributed by atoms with Gasteiger partial charge in [0.05, 0.1) is 38.1 Å². The van der Waals surface area contributed by atoms with Crippen molar-refractivity contribution < 1.29 is 33.3 Å². The van der Waals surface area contributed by atoms with Crippen molar-refractivity contribution in [1.82, 2.24) is 10.6 Å². The van der Waals surface area contributed by atoms with Gasteiger partial charge in [-0.05, 0) is 25.5 Å². The summed E-state index contributed by atoms with van der Waals surface area (Å²) in [7, 11) is 2.84. The Kier molecular flexibility index (Phi) is 7.25. The van der Waals surface area contributed by atoms with E-state index in [0.717, 1.165) is 0 Å². The van der Waals surface area contributed by atoms with Gasteiger partial charge in [-0.3, -0.25) is 0 Å². The molecule has 152 valence electrons. The van der Waals surface area contributed by atoms with Crippen LogP contribution in [0.15, 0.2) is 29.5 Å². The highest BCUT2D eigenvalue weighted by Gasteiger charge is 2.32. The zero-order valence-corrected chi connectivity index (χ0v) is 16.3. The second-order valence-corrected chi connectivity index (χ2v) is 5.79. The van der Waals surface area contributed by atoms with Gasteiger partial charge >= 0.3 is 18.0 Å². The fourth-order valence-electron chi connectivity index (χ4n) is 2.84. The molecule has 2 amide bonds. The van der Waals surface area contributed by atoms with Crippen LogP contribution in [0.3, 0.4) is 0 Å². The van der Waals surface area contributed by atoms with Gasteiger partial charge in [0, 0.05) is 0 Å². The molecule has 0 saturated heterocycles. The molecule has 0 unspecified atom stereocenters.